The molecule has 3 aromatic rings. The Hall–Kier alpha value is -2.95. The van der Waals surface area contributed by atoms with Crippen LogP contribution >= 0.6 is 0 Å². The minimum atomic E-state index is 0.756. The van der Waals surface area contributed by atoms with E-state index in [4.69, 9.17) is 4.74 Å². The van der Waals surface area contributed by atoms with Crippen molar-refractivity contribution in [3.8, 4) is 17.0 Å². The number of hydrogen-bond donors (Lipinski definition) is 1. The van der Waals surface area contributed by atoms with Gasteiger partial charge < -0.3 is 10.1 Å². The number of methoxy groups -OCH3 is 1. The van der Waals surface area contributed by atoms with Crippen LogP contribution in [0.15, 0.2) is 61.2 Å². The molecule has 0 aliphatic rings. The molecule has 0 saturated carbocycles. The summed E-state index contributed by atoms with van der Waals surface area (Å²) in [6, 6.07) is 11.8. The lowest BCUT2D eigenvalue weighted by Crippen LogP contribution is -2.08. The van der Waals surface area contributed by atoms with E-state index in [0.717, 1.165) is 35.8 Å². The van der Waals surface area contributed by atoms with Crippen LogP contribution in [0.25, 0.3) is 11.3 Å². The third kappa shape index (κ3) is 3.63. The topological polar surface area (TPSA) is 59.9 Å². The van der Waals surface area contributed by atoms with Crippen LogP contribution in [-0.2, 0) is 6.42 Å². The van der Waals surface area contributed by atoms with Crippen molar-refractivity contribution in [3.05, 3.63) is 66.7 Å². The van der Waals surface area contributed by atoms with Crippen LogP contribution < -0.4 is 10.1 Å². The number of nitrogens with zero attached hydrogens (tertiary/aromatic N) is 3. The molecule has 116 valence electrons. The average molecular weight is 306 g/mol. The predicted octanol–water partition coefficient (Wildman–Crippen LogP) is 3.20. The van der Waals surface area contributed by atoms with Crippen molar-refractivity contribution in [2.45, 2.75) is 6.42 Å². The minimum absolute atomic E-state index is 0.756. The van der Waals surface area contributed by atoms with E-state index in [-0.39, 0.29) is 0 Å². The van der Waals surface area contributed by atoms with Crippen molar-refractivity contribution in [3.63, 3.8) is 0 Å². The van der Waals surface area contributed by atoms with Crippen molar-refractivity contribution in [1.29, 1.82) is 0 Å². The number of aromatic nitrogens is 3. The largest absolute Gasteiger partial charge is 0.496 e. The molecule has 0 fully saturated rings. The number of rotatable bonds is 6. The summed E-state index contributed by atoms with van der Waals surface area (Å²) in [5, 5.41) is 3.36. The Kier molecular flexibility index (Phi) is 4.79. The summed E-state index contributed by atoms with van der Waals surface area (Å²) in [6.45, 7) is 0.769. The number of pyridine rings is 1. The lowest BCUT2D eigenvalue weighted by molar-refractivity contribution is 0.416. The fourth-order valence-electron chi connectivity index (χ4n) is 2.38. The molecule has 2 aromatic heterocycles. The van der Waals surface area contributed by atoms with Gasteiger partial charge in [-0.25, -0.2) is 4.98 Å². The molecule has 0 aliphatic heterocycles. The number of anilines is 1. The van der Waals surface area contributed by atoms with Gasteiger partial charge in [0.1, 0.15) is 11.4 Å². The first-order valence-corrected chi connectivity index (χ1v) is 7.45. The van der Waals surface area contributed by atoms with Gasteiger partial charge in [-0.15, -0.1) is 0 Å². The van der Waals surface area contributed by atoms with Crippen molar-refractivity contribution in [2.24, 2.45) is 0 Å². The highest BCUT2D eigenvalue weighted by Crippen LogP contribution is 2.31. The van der Waals surface area contributed by atoms with E-state index >= 15 is 0 Å². The highest BCUT2D eigenvalue weighted by Gasteiger charge is 2.11. The SMILES string of the molecule is COc1ccccc1-c1nccnc1NCCc1ccncc1. The van der Waals surface area contributed by atoms with Gasteiger partial charge in [-0.3, -0.25) is 9.97 Å². The van der Waals surface area contributed by atoms with Crippen molar-refractivity contribution in [1.82, 2.24) is 15.0 Å². The predicted molar refractivity (Wildman–Crippen MR) is 90.5 cm³/mol. The van der Waals surface area contributed by atoms with E-state index in [1.54, 1.807) is 31.9 Å². The smallest absolute Gasteiger partial charge is 0.152 e. The molecular formula is C18H18N4O. The van der Waals surface area contributed by atoms with Crippen LogP contribution in [0, 0.1) is 0 Å². The first-order chi connectivity index (χ1) is 11.4. The zero-order valence-corrected chi connectivity index (χ0v) is 12.9. The van der Waals surface area contributed by atoms with Gasteiger partial charge in [0, 0.05) is 36.9 Å². The van der Waals surface area contributed by atoms with Crippen molar-refractivity contribution in [2.75, 3.05) is 19.0 Å². The molecule has 1 aromatic carbocycles. The molecule has 0 saturated heterocycles. The zero-order valence-electron chi connectivity index (χ0n) is 12.9. The summed E-state index contributed by atoms with van der Waals surface area (Å²) < 4.78 is 5.43. The molecule has 5 heteroatoms. The summed E-state index contributed by atoms with van der Waals surface area (Å²) >= 11 is 0. The molecule has 0 amide bonds. The van der Waals surface area contributed by atoms with Crippen LogP contribution in [0.1, 0.15) is 5.56 Å². The van der Waals surface area contributed by atoms with E-state index in [0.29, 0.717) is 0 Å². The highest BCUT2D eigenvalue weighted by molar-refractivity contribution is 5.76. The average Bonchev–Trinajstić information content (AvgIpc) is 2.63. The van der Waals surface area contributed by atoms with E-state index in [1.165, 1.54) is 5.56 Å². The molecule has 5 nitrogen and oxygen atoms in total. The van der Waals surface area contributed by atoms with Crippen molar-refractivity contribution < 1.29 is 4.74 Å². The molecule has 0 aliphatic carbocycles. The quantitative estimate of drug-likeness (QED) is 0.758. The van der Waals surface area contributed by atoms with Gasteiger partial charge in [0.2, 0.25) is 0 Å². The summed E-state index contributed by atoms with van der Waals surface area (Å²) in [6.07, 6.45) is 7.88. The molecule has 0 bridgehead atoms. The lowest BCUT2D eigenvalue weighted by atomic mass is 10.1. The van der Waals surface area contributed by atoms with Gasteiger partial charge >= 0.3 is 0 Å². The van der Waals surface area contributed by atoms with Crippen molar-refractivity contribution >= 4 is 5.82 Å². The second kappa shape index (κ2) is 7.35. The third-order valence-electron chi connectivity index (χ3n) is 3.52. The van der Waals surface area contributed by atoms with E-state index in [2.05, 4.69) is 20.3 Å². The molecule has 0 radical (unpaired) electrons. The summed E-state index contributed by atoms with van der Waals surface area (Å²) in [5.41, 5.74) is 2.95. The zero-order chi connectivity index (χ0) is 15.9. The van der Waals surface area contributed by atoms with Crippen LogP contribution in [0.2, 0.25) is 0 Å². The number of hydrogen-bond acceptors (Lipinski definition) is 5. The molecule has 2 heterocycles. The maximum Gasteiger partial charge on any atom is 0.152 e. The number of nitrogens with one attached hydrogen (secondary N) is 1. The fourth-order valence-corrected chi connectivity index (χ4v) is 2.38. The summed E-state index contributed by atoms with van der Waals surface area (Å²) in [7, 11) is 1.66. The molecular weight excluding hydrogens is 288 g/mol. The lowest BCUT2D eigenvalue weighted by Gasteiger charge is -2.12. The Morgan fingerprint density at radius 1 is 0.957 bits per heavy atom. The van der Waals surface area contributed by atoms with Crippen LogP contribution in [0.5, 0.6) is 5.75 Å². The molecule has 23 heavy (non-hydrogen) atoms. The van der Waals surface area contributed by atoms with Gasteiger partial charge in [-0.2, -0.15) is 0 Å². The first-order valence-electron chi connectivity index (χ1n) is 7.45. The maximum atomic E-state index is 5.43. The molecule has 1 N–H and O–H groups in total. The number of ether oxygens (including phenoxy) is 1. The van der Waals surface area contributed by atoms with Gasteiger partial charge in [0.05, 0.1) is 7.11 Å². The minimum Gasteiger partial charge on any atom is -0.496 e. The second-order valence-corrected chi connectivity index (χ2v) is 4.99. The normalized spacial score (nSPS) is 10.3. The summed E-state index contributed by atoms with van der Waals surface area (Å²) in [4.78, 5) is 12.9. The monoisotopic (exact) mass is 306 g/mol. The van der Waals surface area contributed by atoms with E-state index in [9.17, 15) is 0 Å². The Morgan fingerprint density at radius 2 is 1.74 bits per heavy atom. The number of benzene rings is 1. The van der Waals surface area contributed by atoms with E-state index in [1.807, 2.05) is 36.4 Å². The Bertz CT molecular complexity index is 762. The maximum absolute atomic E-state index is 5.43. The van der Waals surface area contributed by atoms with Gasteiger partial charge in [0.25, 0.3) is 0 Å². The van der Waals surface area contributed by atoms with Crippen LogP contribution in [0.4, 0.5) is 5.82 Å². The van der Waals surface area contributed by atoms with Crippen LogP contribution in [-0.4, -0.2) is 28.6 Å². The summed E-state index contributed by atoms with van der Waals surface area (Å²) in [5.74, 6) is 1.54. The Labute approximate surface area is 135 Å². The number of para-hydroxylation sites is 1. The standard InChI is InChI=1S/C18H18N4O/c1-23-16-5-3-2-4-15(16)17-18(22-13-12-20-17)21-11-8-14-6-9-19-10-7-14/h2-7,9-10,12-13H,8,11H2,1H3,(H,21,22). The molecule has 0 atom stereocenters. The highest BCUT2D eigenvalue weighted by atomic mass is 16.5. The van der Waals surface area contributed by atoms with Crippen LogP contribution in [0.3, 0.4) is 0 Å². The Balaban J connectivity index is 1.78. The van der Waals surface area contributed by atoms with Gasteiger partial charge in [-0.05, 0) is 36.2 Å². The fraction of sp³-hybridized carbons (Fsp3) is 0.167. The van der Waals surface area contributed by atoms with Gasteiger partial charge in [0.15, 0.2) is 5.82 Å². The second-order valence-electron chi connectivity index (χ2n) is 4.99. The third-order valence-corrected chi connectivity index (χ3v) is 3.52. The molecule has 3 rings (SSSR count). The molecule has 0 unspecified atom stereocenters. The van der Waals surface area contributed by atoms with Gasteiger partial charge in [-0.1, -0.05) is 12.1 Å². The molecule has 0 spiro atoms. The van der Waals surface area contributed by atoms with E-state index < -0.39 is 0 Å². The Morgan fingerprint density at radius 3 is 2.57 bits per heavy atom. The first kappa shape index (κ1) is 15.0.